The molecule has 0 amide bonds. The van der Waals surface area contributed by atoms with Crippen LogP contribution in [-0.2, 0) is 9.53 Å². The topological polar surface area (TPSA) is 65.2 Å². The molecule has 1 atom stereocenters. The van der Waals surface area contributed by atoms with E-state index >= 15 is 0 Å². The Morgan fingerprint density at radius 1 is 1.60 bits per heavy atom. The fourth-order valence-electron chi connectivity index (χ4n) is 1.44. The van der Waals surface area contributed by atoms with Gasteiger partial charge in [-0.1, -0.05) is 11.6 Å². The second kappa shape index (κ2) is 4.00. The summed E-state index contributed by atoms with van der Waals surface area (Å²) in [5, 5.41) is 3.65. The average molecular weight is 210 g/mol. The summed E-state index contributed by atoms with van der Waals surface area (Å²) in [6, 6.07) is 0. The third-order valence-electron chi connectivity index (χ3n) is 2.62. The maximum atomic E-state index is 11.5. The number of aromatic nitrogens is 2. The molecular weight excluding hydrogens is 196 g/mol. The Hall–Kier alpha value is -1.39. The summed E-state index contributed by atoms with van der Waals surface area (Å²) in [5.41, 5.74) is 0. The number of carbonyl (C=O) groups excluding carboxylic acids is 1. The zero-order valence-electron chi connectivity index (χ0n) is 8.90. The minimum Gasteiger partial charge on any atom is -0.452 e. The van der Waals surface area contributed by atoms with Crippen molar-refractivity contribution in [1.29, 1.82) is 0 Å². The highest BCUT2D eigenvalue weighted by atomic mass is 16.6. The summed E-state index contributed by atoms with van der Waals surface area (Å²) in [6.07, 6.45) is 2.55. The summed E-state index contributed by atoms with van der Waals surface area (Å²) < 4.78 is 10.1. The third kappa shape index (κ3) is 2.16. The van der Waals surface area contributed by atoms with Crippen LogP contribution < -0.4 is 0 Å². The summed E-state index contributed by atoms with van der Waals surface area (Å²) in [6.45, 7) is 3.47. The van der Waals surface area contributed by atoms with Gasteiger partial charge in [-0.05, 0) is 26.7 Å². The summed E-state index contributed by atoms with van der Waals surface area (Å²) in [5.74, 6) is 0.845. The molecule has 5 heteroatoms. The minimum absolute atomic E-state index is 0.0801. The van der Waals surface area contributed by atoms with Crippen molar-refractivity contribution >= 4 is 5.97 Å². The molecule has 0 saturated heterocycles. The van der Waals surface area contributed by atoms with Crippen LogP contribution in [0.25, 0.3) is 0 Å². The number of esters is 1. The highest BCUT2D eigenvalue weighted by Crippen LogP contribution is 2.29. The van der Waals surface area contributed by atoms with E-state index in [1.54, 1.807) is 13.8 Å². The van der Waals surface area contributed by atoms with Crippen molar-refractivity contribution in [2.24, 2.45) is 5.92 Å². The smallest absolute Gasteiger partial charge is 0.309 e. The van der Waals surface area contributed by atoms with Crippen molar-refractivity contribution in [2.45, 2.75) is 39.2 Å². The first-order valence-corrected chi connectivity index (χ1v) is 5.17. The van der Waals surface area contributed by atoms with E-state index in [0.29, 0.717) is 11.7 Å². The van der Waals surface area contributed by atoms with Gasteiger partial charge < -0.3 is 9.26 Å². The zero-order valence-corrected chi connectivity index (χ0v) is 8.90. The van der Waals surface area contributed by atoms with Crippen LogP contribution in [0.4, 0.5) is 0 Å². The molecule has 1 aromatic rings. The maximum absolute atomic E-state index is 11.5. The van der Waals surface area contributed by atoms with Crippen molar-refractivity contribution in [2.75, 3.05) is 0 Å². The van der Waals surface area contributed by atoms with E-state index in [1.807, 2.05) is 0 Å². The normalized spacial score (nSPS) is 18.3. The molecule has 5 nitrogen and oxygen atoms in total. The second-order valence-corrected chi connectivity index (χ2v) is 3.89. The molecule has 2 rings (SSSR count). The molecule has 0 spiro atoms. The predicted molar refractivity (Wildman–Crippen MR) is 50.9 cm³/mol. The van der Waals surface area contributed by atoms with Crippen LogP contribution in [0, 0.1) is 12.8 Å². The standard InChI is InChI=1S/C10H14N2O3/c1-6(9-11-7(2)12-15-9)14-10(13)8-4-3-5-8/h6,8H,3-5H2,1-2H3. The van der Waals surface area contributed by atoms with E-state index in [1.165, 1.54) is 0 Å². The largest absolute Gasteiger partial charge is 0.452 e. The lowest BCUT2D eigenvalue weighted by Gasteiger charge is -2.24. The van der Waals surface area contributed by atoms with Gasteiger partial charge in [-0.2, -0.15) is 4.98 Å². The van der Waals surface area contributed by atoms with E-state index in [2.05, 4.69) is 10.1 Å². The van der Waals surface area contributed by atoms with Crippen molar-refractivity contribution in [3.05, 3.63) is 11.7 Å². The molecule has 1 aromatic heterocycles. The number of carbonyl (C=O) groups is 1. The molecule has 0 aromatic carbocycles. The first-order chi connectivity index (χ1) is 7.16. The monoisotopic (exact) mass is 210 g/mol. The molecule has 82 valence electrons. The van der Waals surface area contributed by atoms with Gasteiger partial charge in [0.2, 0.25) is 0 Å². The van der Waals surface area contributed by atoms with Gasteiger partial charge in [-0.15, -0.1) is 0 Å². The number of hydrogen-bond donors (Lipinski definition) is 0. The lowest BCUT2D eigenvalue weighted by molar-refractivity contribution is -0.157. The first kappa shape index (κ1) is 10.1. The van der Waals surface area contributed by atoms with E-state index in [-0.39, 0.29) is 11.9 Å². The van der Waals surface area contributed by atoms with Gasteiger partial charge in [0.15, 0.2) is 11.9 Å². The Bertz CT molecular complexity index is 357. The molecule has 1 aliphatic carbocycles. The van der Waals surface area contributed by atoms with Crippen molar-refractivity contribution < 1.29 is 14.1 Å². The Morgan fingerprint density at radius 2 is 2.33 bits per heavy atom. The van der Waals surface area contributed by atoms with Gasteiger partial charge in [-0.25, -0.2) is 0 Å². The molecule has 15 heavy (non-hydrogen) atoms. The van der Waals surface area contributed by atoms with Crippen LogP contribution in [-0.4, -0.2) is 16.1 Å². The summed E-state index contributed by atoms with van der Waals surface area (Å²) in [4.78, 5) is 15.5. The van der Waals surface area contributed by atoms with Crippen molar-refractivity contribution in [3.63, 3.8) is 0 Å². The molecule has 0 radical (unpaired) electrons. The number of aryl methyl sites for hydroxylation is 1. The Labute approximate surface area is 87.8 Å². The molecule has 1 fully saturated rings. The van der Waals surface area contributed by atoms with Crippen LogP contribution in [0.1, 0.15) is 44.0 Å². The van der Waals surface area contributed by atoms with Crippen LogP contribution in [0.3, 0.4) is 0 Å². The number of ether oxygens (including phenoxy) is 1. The molecule has 0 aliphatic heterocycles. The van der Waals surface area contributed by atoms with Gasteiger partial charge in [0, 0.05) is 0 Å². The van der Waals surface area contributed by atoms with Crippen LogP contribution in [0.15, 0.2) is 4.52 Å². The fourth-order valence-corrected chi connectivity index (χ4v) is 1.44. The number of rotatable bonds is 3. The van der Waals surface area contributed by atoms with Crippen LogP contribution in [0.2, 0.25) is 0 Å². The summed E-state index contributed by atoms with van der Waals surface area (Å²) in [7, 11) is 0. The predicted octanol–water partition coefficient (Wildman–Crippen LogP) is 1.78. The SMILES string of the molecule is Cc1noc(C(C)OC(=O)C2CCC2)n1. The molecular formula is C10H14N2O3. The highest BCUT2D eigenvalue weighted by molar-refractivity contribution is 5.73. The zero-order chi connectivity index (χ0) is 10.8. The molecule has 1 heterocycles. The minimum atomic E-state index is -0.445. The van der Waals surface area contributed by atoms with Gasteiger partial charge in [0.25, 0.3) is 5.89 Å². The van der Waals surface area contributed by atoms with Crippen molar-refractivity contribution in [3.8, 4) is 0 Å². The Kier molecular flexibility index (Phi) is 2.70. The van der Waals surface area contributed by atoms with E-state index < -0.39 is 6.10 Å². The molecule has 0 N–H and O–H groups in total. The highest BCUT2D eigenvalue weighted by Gasteiger charge is 2.29. The molecule has 1 aliphatic rings. The third-order valence-corrected chi connectivity index (χ3v) is 2.62. The second-order valence-electron chi connectivity index (χ2n) is 3.89. The van der Waals surface area contributed by atoms with Crippen LogP contribution in [0.5, 0.6) is 0 Å². The first-order valence-electron chi connectivity index (χ1n) is 5.17. The number of nitrogens with zero attached hydrogens (tertiary/aromatic N) is 2. The lowest BCUT2D eigenvalue weighted by Crippen LogP contribution is -2.25. The van der Waals surface area contributed by atoms with Gasteiger partial charge >= 0.3 is 5.97 Å². The summed E-state index contributed by atoms with van der Waals surface area (Å²) >= 11 is 0. The quantitative estimate of drug-likeness (QED) is 0.711. The van der Waals surface area contributed by atoms with Gasteiger partial charge in [0.1, 0.15) is 0 Å². The Morgan fingerprint density at radius 3 is 2.80 bits per heavy atom. The van der Waals surface area contributed by atoms with E-state index in [9.17, 15) is 4.79 Å². The average Bonchev–Trinajstić information content (AvgIpc) is 2.48. The lowest BCUT2D eigenvalue weighted by atomic mass is 9.86. The van der Waals surface area contributed by atoms with E-state index in [4.69, 9.17) is 9.26 Å². The maximum Gasteiger partial charge on any atom is 0.309 e. The Balaban J connectivity index is 1.91. The van der Waals surface area contributed by atoms with Crippen molar-refractivity contribution in [1.82, 2.24) is 10.1 Å². The molecule has 0 bridgehead atoms. The van der Waals surface area contributed by atoms with E-state index in [0.717, 1.165) is 19.3 Å². The number of hydrogen-bond acceptors (Lipinski definition) is 5. The van der Waals surface area contributed by atoms with Crippen LogP contribution >= 0.6 is 0 Å². The van der Waals surface area contributed by atoms with Gasteiger partial charge in [0.05, 0.1) is 5.92 Å². The van der Waals surface area contributed by atoms with Gasteiger partial charge in [-0.3, -0.25) is 4.79 Å². The molecule has 1 unspecified atom stereocenters. The fraction of sp³-hybridized carbons (Fsp3) is 0.700. The molecule has 1 saturated carbocycles.